The zero-order valence-corrected chi connectivity index (χ0v) is 14.0. The molecule has 0 spiro atoms. The van der Waals surface area contributed by atoms with Crippen molar-refractivity contribution in [2.24, 2.45) is 0 Å². The van der Waals surface area contributed by atoms with Gasteiger partial charge in [-0.05, 0) is 43.2 Å². The highest BCUT2D eigenvalue weighted by Crippen LogP contribution is 2.13. The van der Waals surface area contributed by atoms with Crippen LogP contribution in [0.3, 0.4) is 0 Å². The van der Waals surface area contributed by atoms with E-state index >= 15 is 0 Å². The average molecular weight is 326 g/mol. The van der Waals surface area contributed by atoms with Gasteiger partial charge < -0.3 is 14.6 Å². The molecule has 1 aromatic heterocycles. The van der Waals surface area contributed by atoms with E-state index in [1.54, 1.807) is 24.5 Å². The molecule has 0 aliphatic carbocycles. The predicted molar refractivity (Wildman–Crippen MR) is 94.4 cm³/mol. The zero-order chi connectivity index (χ0) is 17.4. The summed E-state index contributed by atoms with van der Waals surface area (Å²) in [6.07, 6.45) is 5.35. The van der Waals surface area contributed by atoms with Crippen LogP contribution in [0.4, 0.5) is 5.69 Å². The predicted octanol–water partition coefficient (Wildman–Crippen LogP) is 3.48. The second kappa shape index (κ2) is 8.72. The van der Waals surface area contributed by atoms with Crippen LogP contribution in [0.1, 0.15) is 24.7 Å². The van der Waals surface area contributed by atoms with Crippen molar-refractivity contribution in [3.8, 4) is 0 Å². The first kappa shape index (κ1) is 17.5. The Balaban J connectivity index is 1.98. The summed E-state index contributed by atoms with van der Waals surface area (Å²) in [5.41, 5.74) is 1.74. The van der Waals surface area contributed by atoms with Gasteiger partial charge in [-0.25, -0.2) is 0 Å². The number of amides is 2. The maximum absolute atomic E-state index is 12.3. The highest BCUT2D eigenvalue weighted by atomic mass is 16.3. The molecule has 2 rings (SSSR count). The van der Waals surface area contributed by atoms with Gasteiger partial charge in [0.25, 0.3) is 0 Å². The van der Waals surface area contributed by atoms with Crippen LogP contribution in [0.2, 0.25) is 0 Å². The van der Waals surface area contributed by atoms with Crippen LogP contribution in [0.5, 0.6) is 0 Å². The van der Waals surface area contributed by atoms with E-state index in [0.717, 1.165) is 17.7 Å². The van der Waals surface area contributed by atoms with Gasteiger partial charge in [-0.1, -0.05) is 25.1 Å². The summed E-state index contributed by atoms with van der Waals surface area (Å²) in [6, 6.07) is 11.1. The molecular weight excluding hydrogens is 304 g/mol. The van der Waals surface area contributed by atoms with E-state index in [1.165, 1.54) is 11.0 Å². The van der Waals surface area contributed by atoms with Gasteiger partial charge in [-0.3, -0.25) is 9.59 Å². The van der Waals surface area contributed by atoms with Crippen LogP contribution in [0, 0.1) is 6.92 Å². The Morgan fingerprint density at radius 3 is 2.67 bits per heavy atom. The van der Waals surface area contributed by atoms with Crippen molar-refractivity contribution in [3.05, 3.63) is 60.1 Å². The molecule has 1 aromatic carbocycles. The molecule has 0 unspecified atom stereocenters. The molecule has 0 bridgehead atoms. The topological polar surface area (TPSA) is 62.6 Å². The summed E-state index contributed by atoms with van der Waals surface area (Å²) < 4.78 is 5.16. The first-order chi connectivity index (χ1) is 11.6. The Bertz CT molecular complexity index is 705. The highest BCUT2D eigenvalue weighted by molar-refractivity contribution is 5.98. The average Bonchev–Trinajstić information content (AvgIpc) is 3.08. The number of hydrogen-bond donors (Lipinski definition) is 1. The monoisotopic (exact) mass is 326 g/mol. The number of hydrogen-bond acceptors (Lipinski definition) is 3. The lowest BCUT2D eigenvalue weighted by Gasteiger charge is -2.20. The first-order valence-corrected chi connectivity index (χ1v) is 7.96. The van der Waals surface area contributed by atoms with Crippen LogP contribution >= 0.6 is 0 Å². The van der Waals surface area contributed by atoms with Gasteiger partial charge >= 0.3 is 0 Å². The Hall–Kier alpha value is -2.82. The summed E-state index contributed by atoms with van der Waals surface area (Å²) in [6.45, 7) is 4.43. The van der Waals surface area contributed by atoms with Gasteiger partial charge in [-0.2, -0.15) is 0 Å². The zero-order valence-electron chi connectivity index (χ0n) is 14.0. The fourth-order valence-corrected chi connectivity index (χ4v) is 2.26. The number of para-hydroxylation sites is 1. The van der Waals surface area contributed by atoms with E-state index in [-0.39, 0.29) is 18.4 Å². The summed E-state index contributed by atoms with van der Waals surface area (Å²) in [5, 5.41) is 2.85. The molecule has 2 aromatic rings. The number of carbonyl (C=O) groups is 2. The number of nitrogens with one attached hydrogen (secondary N) is 1. The van der Waals surface area contributed by atoms with Gasteiger partial charge in [0.15, 0.2) is 0 Å². The molecule has 126 valence electrons. The fourth-order valence-electron chi connectivity index (χ4n) is 2.26. The molecule has 24 heavy (non-hydrogen) atoms. The largest absolute Gasteiger partial charge is 0.465 e. The highest BCUT2D eigenvalue weighted by Gasteiger charge is 2.15. The Kier molecular flexibility index (Phi) is 6.37. The Labute approximate surface area is 142 Å². The number of carbonyl (C=O) groups excluding carboxylic acids is 2. The van der Waals surface area contributed by atoms with E-state index in [1.807, 2.05) is 38.1 Å². The summed E-state index contributed by atoms with van der Waals surface area (Å²) in [7, 11) is 0. The van der Waals surface area contributed by atoms with E-state index < -0.39 is 0 Å². The molecule has 1 heterocycles. The maximum atomic E-state index is 12.3. The fraction of sp³-hybridized carbons (Fsp3) is 0.263. The molecule has 0 atom stereocenters. The summed E-state index contributed by atoms with van der Waals surface area (Å²) >= 11 is 0. The van der Waals surface area contributed by atoms with Crippen molar-refractivity contribution in [1.29, 1.82) is 0 Å². The number of rotatable bonds is 7. The number of aryl methyl sites for hydroxylation is 1. The van der Waals surface area contributed by atoms with Gasteiger partial charge in [-0.15, -0.1) is 0 Å². The SMILES string of the molecule is CCCN(CC(=O)Nc1ccccc1C)C(=O)/C=C/c1ccco1. The van der Waals surface area contributed by atoms with E-state index in [4.69, 9.17) is 4.42 Å². The third-order valence-corrected chi connectivity index (χ3v) is 3.49. The summed E-state index contributed by atoms with van der Waals surface area (Å²) in [5.74, 6) is 0.176. The van der Waals surface area contributed by atoms with Crippen molar-refractivity contribution < 1.29 is 14.0 Å². The molecular formula is C19H22N2O3. The lowest BCUT2D eigenvalue weighted by molar-refractivity contribution is -0.130. The number of anilines is 1. The minimum Gasteiger partial charge on any atom is -0.465 e. The molecule has 5 heteroatoms. The van der Waals surface area contributed by atoms with Crippen LogP contribution in [-0.2, 0) is 9.59 Å². The molecule has 0 radical (unpaired) electrons. The van der Waals surface area contributed by atoms with E-state index in [0.29, 0.717) is 12.3 Å². The van der Waals surface area contributed by atoms with E-state index in [9.17, 15) is 9.59 Å². The lowest BCUT2D eigenvalue weighted by atomic mass is 10.2. The molecule has 0 aliphatic heterocycles. The molecule has 0 fully saturated rings. The van der Waals surface area contributed by atoms with Crippen molar-refractivity contribution >= 4 is 23.6 Å². The van der Waals surface area contributed by atoms with Crippen LogP contribution < -0.4 is 5.32 Å². The summed E-state index contributed by atoms with van der Waals surface area (Å²) in [4.78, 5) is 26.1. The minimum absolute atomic E-state index is 0.0174. The molecule has 0 aliphatic rings. The molecule has 5 nitrogen and oxygen atoms in total. The quantitative estimate of drug-likeness (QED) is 0.792. The van der Waals surface area contributed by atoms with Gasteiger partial charge in [0.05, 0.1) is 6.26 Å². The second-order valence-corrected chi connectivity index (χ2v) is 5.47. The Morgan fingerprint density at radius 2 is 2.00 bits per heavy atom. The standard InChI is InChI=1S/C19H22N2O3/c1-3-12-21(19(23)11-10-16-8-6-13-24-16)14-18(22)20-17-9-5-4-7-15(17)2/h4-11,13H,3,12,14H2,1-2H3,(H,20,22)/b11-10+. The number of furan rings is 1. The van der Waals surface area contributed by atoms with Crippen LogP contribution in [0.25, 0.3) is 6.08 Å². The number of benzene rings is 1. The number of nitrogens with zero attached hydrogens (tertiary/aromatic N) is 1. The second-order valence-electron chi connectivity index (χ2n) is 5.47. The van der Waals surface area contributed by atoms with Gasteiger partial charge in [0.1, 0.15) is 12.3 Å². The smallest absolute Gasteiger partial charge is 0.247 e. The van der Waals surface area contributed by atoms with E-state index in [2.05, 4.69) is 5.32 Å². The maximum Gasteiger partial charge on any atom is 0.247 e. The lowest BCUT2D eigenvalue weighted by Crippen LogP contribution is -2.37. The first-order valence-electron chi connectivity index (χ1n) is 7.96. The van der Waals surface area contributed by atoms with Crippen molar-refractivity contribution in [2.45, 2.75) is 20.3 Å². The molecule has 2 amide bonds. The molecule has 1 N–H and O–H groups in total. The van der Waals surface area contributed by atoms with Gasteiger partial charge in [0.2, 0.25) is 11.8 Å². The van der Waals surface area contributed by atoms with Crippen LogP contribution in [-0.4, -0.2) is 29.8 Å². The van der Waals surface area contributed by atoms with Crippen molar-refractivity contribution in [3.63, 3.8) is 0 Å². The van der Waals surface area contributed by atoms with Crippen LogP contribution in [0.15, 0.2) is 53.2 Å². The van der Waals surface area contributed by atoms with Crippen molar-refractivity contribution in [1.82, 2.24) is 4.90 Å². The third kappa shape index (κ3) is 5.12. The third-order valence-electron chi connectivity index (χ3n) is 3.49. The minimum atomic E-state index is -0.215. The normalized spacial score (nSPS) is 10.8. The van der Waals surface area contributed by atoms with Crippen molar-refractivity contribution in [2.75, 3.05) is 18.4 Å². The molecule has 0 saturated heterocycles. The molecule has 0 saturated carbocycles. The Morgan fingerprint density at radius 1 is 1.21 bits per heavy atom. The van der Waals surface area contributed by atoms with Gasteiger partial charge in [0, 0.05) is 18.3 Å².